The average molecular weight is 488 g/mol. The van der Waals surface area contributed by atoms with Crippen LogP contribution >= 0.6 is 23.2 Å². The summed E-state index contributed by atoms with van der Waals surface area (Å²) in [5, 5.41) is 6.95. The standard InChI is InChI=1S/C29H23Cl2NO2/c1-29(2)14-13-22(33)26-27(29)25-18-6-4-3-5-16(18)8-10-21(25)32-28(26)24-12-11-23(34-24)17-7-9-19(30)20(31)15-17/h3-12,15,28,32H,13-14H2,1-2H3/t28-/m0/s1. The number of nitrogens with one attached hydrogen (secondary N) is 1. The van der Waals surface area contributed by atoms with Crippen LogP contribution < -0.4 is 5.32 Å². The predicted molar refractivity (Wildman–Crippen MR) is 139 cm³/mol. The van der Waals surface area contributed by atoms with Crippen LogP contribution in [0.4, 0.5) is 5.69 Å². The number of rotatable bonds is 2. The van der Waals surface area contributed by atoms with E-state index in [1.165, 1.54) is 5.39 Å². The van der Waals surface area contributed by atoms with Crippen molar-refractivity contribution in [3.8, 4) is 11.3 Å². The molecule has 1 N–H and O–H groups in total. The molecule has 1 aliphatic heterocycles. The molecule has 0 unspecified atom stereocenters. The molecule has 0 saturated carbocycles. The number of anilines is 1. The second kappa shape index (κ2) is 7.76. The lowest BCUT2D eigenvalue weighted by Crippen LogP contribution is -2.33. The molecule has 0 saturated heterocycles. The molecule has 3 nitrogen and oxygen atoms in total. The third kappa shape index (κ3) is 3.30. The van der Waals surface area contributed by atoms with Gasteiger partial charge in [-0.2, -0.15) is 0 Å². The highest BCUT2D eigenvalue weighted by atomic mass is 35.5. The van der Waals surface area contributed by atoms with E-state index < -0.39 is 0 Å². The zero-order chi connectivity index (χ0) is 23.6. The lowest BCUT2D eigenvalue weighted by atomic mass is 9.65. The van der Waals surface area contributed by atoms with Crippen molar-refractivity contribution in [1.82, 2.24) is 0 Å². The van der Waals surface area contributed by atoms with E-state index in [2.05, 4.69) is 49.5 Å². The largest absolute Gasteiger partial charge is 0.459 e. The number of hydrogen-bond donors (Lipinski definition) is 1. The van der Waals surface area contributed by atoms with Gasteiger partial charge in [0.25, 0.3) is 0 Å². The minimum atomic E-state index is -0.354. The van der Waals surface area contributed by atoms with Crippen molar-refractivity contribution in [3.05, 3.63) is 93.7 Å². The Bertz CT molecular complexity index is 1510. The molecule has 1 atom stereocenters. The highest BCUT2D eigenvalue weighted by molar-refractivity contribution is 6.42. The molecule has 0 radical (unpaired) electrons. The number of carbonyl (C=O) groups is 1. The SMILES string of the molecule is CC1(C)CCC(=O)C2=C1c1c(ccc3ccccc13)N[C@H]2c1ccc(-c2ccc(Cl)c(Cl)c2)o1. The normalized spacial score (nSPS) is 19.1. The maximum Gasteiger partial charge on any atom is 0.161 e. The first-order valence-electron chi connectivity index (χ1n) is 11.5. The van der Waals surface area contributed by atoms with Crippen LogP contribution in [0.5, 0.6) is 0 Å². The fourth-order valence-corrected chi connectivity index (χ4v) is 5.68. The van der Waals surface area contributed by atoms with Gasteiger partial charge in [-0.25, -0.2) is 0 Å². The number of halogens is 2. The van der Waals surface area contributed by atoms with Crippen molar-refractivity contribution in [1.29, 1.82) is 0 Å². The maximum absolute atomic E-state index is 13.4. The molecule has 0 spiro atoms. The first-order chi connectivity index (χ1) is 16.3. The molecule has 2 aliphatic rings. The van der Waals surface area contributed by atoms with Crippen molar-refractivity contribution >= 4 is 51.0 Å². The quantitative estimate of drug-likeness (QED) is 0.307. The van der Waals surface area contributed by atoms with Crippen LogP contribution in [0.25, 0.3) is 27.7 Å². The Morgan fingerprint density at radius 1 is 0.971 bits per heavy atom. The average Bonchev–Trinajstić information content (AvgIpc) is 3.32. The molecule has 0 fully saturated rings. The van der Waals surface area contributed by atoms with E-state index in [0.717, 1.165) is 39.8 Å². The molecule has 2 heterocycles. The summed E-state index contributed by atoms with van der Waals surface area (Å²) >= 11 is 12.3. The van der Waals surface area contributed by atoms with E-state index in [0.29, 0.717) is 28.0 Å². The Balaban J connectivity index is 1.55. The third-order valence-corrected chi connectivity index (χ3v) is 7.85. The van der Waals surface area contributed by atoms with Gasteiger partial charge in [-0.05, 0) is 64.6 Å². The fraction of sp³-hybridized carbons (Fsp3) is 0.207. The number of fused-ring (bicyclic) bond motifs is 4. The van der Waals surface area contributed by atoms with Crippen molar-refractivity contribution in [2.45, 2.75) is 32.7 Å². The topological polar surface area (TPSA) is 42.2 Å². The number of furan rings is 1. The van der Waals surface area contributed by atoms with E-state index in [4.69, 9.17) is 27.6 Å². The van der Waals surface area contributed by atoms with Crippen LogP contribution in [-0.2, 0) is 4.79 Å². The van der Waals surface area contributed by atoms with Crippen LogP contribution in [0.1, 0.15) is 44.1 Å². The van der Waals surface area contributed by atoms with E-state index in [-0.39, 0.29) is 17.2 Å². The summed E-state index contributed by atoms with van der Waals surface area (Å²) in [4.78, 5) is 13.4. The molecule has 0 amide bonds. The summed E-state index contributed by atoms with van der Waals surface area (Å²) in [6.45, 7) is 4.48. The number of benzene rings is 3. The first-order valence-corrected chi connectivity index (χ1v) is 12.2. The van der Waals surface area contributed by atoms with Crippen LogP contribution in [0.3, 0.4) is 0 Å². The lowest BCUT2D eigenvalue weighted by molar-refractivity contribution is -0.116. The van der Waals surface area contributed by atoms with Gasteiger partial charge < -0.3 is 9.73 Å². The zero-order valence-corrected chi connectivity index (χ0v) is 20.4. The van der Waals surface area contributed by atoms with Crippen LogP contribution in [0, 0.1) is 5.41 Å². The Labute approximate surface area is 208 Å². The number of hydrogen-bond acceptors (Lipinski definition) is 3. The minimum absolute atomic E-state index is 0.137. The van der Waals surface area contributed by atoms with Crippen LogP contribution in [0.15, 0.2) is 76.7 Å². The van der Waals surface area contributed by atoms with Gasteiger partial charge in [-0.15, -0.1) is 0 Å². The van der Waals surface area contributed by atoms with Gasteiger partial charge in [0.1, 0.15) is 17.6 Å². The van der Waals surface area contributed by atoms with Crippen LogP contribution in [-0.4, -0.2) is 5.78 Å². The first kappa shape index (κ1) is 21.5. The van der Waals surface area contributed by atoms with E-state index in [9.17, 15) is 4.79 Å². The van der Waals surface area contributed by atoms with Crippen molar-refractivity contribution in [3.63, 3.8) is 0 Å². The van der Waals surface area contributed by atoms with Gasteiger partial charge in [0.15, 0.2) is 5.78 Å². The van der Waals surface area contributed by atoms with Gasteiger partial charge >= 0.3 is 0 Å². The Hall–Kier alpha value is -3.01. The summed E-state index contributed by atoms with van der Waals surface area (Å²) in [6, 6.07) is 21.6. The molecule has 6 rings (SSSR count). The molecular weight excluding hydrogens is 465 g/mol. The highest BCUT2D eigenvalue weighted by Crippen LogP contribution is 2.55. The Morgan fingerprint density at radius 3 is 2.62 bits per heavy atom. The second-order valence-electron chi connectivity index (χ2n) is 9.71. The summed E-state index contributed by atoms with van der Waals surface area (Å²) in [7, 11) is 0. The zero-order valence-electron chi connectivity index (χ0n) is 18.9. The van der Waals surface area contributed by atoms with Gasteiger partial charge in [-0.1, -0.05) is 67.4 Å². The van der Waals surface area contributed by atoms with E-state index in [1.54, 1.807) is 12.1 Å². The molecule has 170 valence electrons. The minimum Gasteiger partial charge on any atom is -0.459 e. The fourth-order valence-electron chi connectivity index (χ4n) is 5.38. The van der Waals surface area contributed by atoms with Gasteiger partial charge in [0.05, 0.1) is 10.0 Å². The van der Waals surface area contributed by atoms with Gasteiger partial charge in [0.2, 0.25) is 0 Å². The number of carbonyl (C=O) groups excluding carboxylic acids is 1. The van der Waals surface area contributed by atoms with Crippen molar-refractivity contribution in [2.24, 2.45) is 5.41 Å². The van der Waals surface area contributed by atoms with Crippen molar-refractivity contribution in [2.75, 3.05) is 5.32 Å². The summed E-state index contributed by atoms with van der Waals surface area (Å²) in [6.07, 6.45) is 1.36. The number of Topliss-reactive ketones (excluding diaryl/α,β-unsaturated/α-hetero) is 1. The highest BCUT2D eigenvalue weighted by Gasteiger charge is 2.43. The second-order valence-corrected chi connectivity index (χ2v) is 10.5. The van der Waals surface area contributed by atoms with Crippen LogP contribution in [0.2, 0.25) is 10.0 Å². The molecule has 5 heteroatoms. The Kier molecular flexibility index (Phi) is 4.91. The summed E-state index contributed by atoms with van der Waals surface area (Å²) < 4.78 is 6.32. The van der Waals surface area contributed by atoms with Gasteiger partial charge in [-0.3, -0.25) is 4.79 Å². The molecule has 0 bridgehead atoms. The van der Waals surface area contributed by atoms with E-state index in [1.807, 2.05) is 24.3 Å². The molecule has 4 aromatic rings. The van der Waals surface area contributed by atoms with Gasteiger partial charge in [0, 0.05) is 28.8 Å². The Morgan fingerprint density at radius 2 is 1.79 bits per heavy atom. The lowest BCUT2D eigenvalue weighted by Gasteiger charge is -2.41. The maximum atomic E-state index is 13.4. The number of ketones is 1. The predicted octanol–water partition coefficient (Wildman–Crippen LogP) is 8.72. The molecule has 1 aromatic heterocycles. The molecule has 34 heavy (non-hydrogen) atoms. The smallest absolute Gasteiger partial charge is 0.161 e. The molecule has 1 aliphatic carbocycles. The number of allylic oxidation sites excluding steroid dienone is 1. The third-order valence-electron chi connectivity index (χ3n) is 7.11. The molecule has 3 aromatic carbocycles. The summed E-state index contributed by atoms with van der Waals surface area (Å²) in [5.41, 5.74) is 4.81. The van der Waals surface area contributed by atoms with Crippen molar-refractivity contribution < 1.29 is 9.21 Å². The summed E-state index contributed by atoms with van der Waals surface area (Å²) in [5.74, 6) is 1.57. The molecular formula is C29H23Cl2NO2. The van der Waals surface area contributed by atoms with E-state index >= 15 is 0 Å². The monoisotopic (exact) mass is 487 g/mol.